The molecule has 2 heterocycles. The highest BCUT2D eigenvalue weighted by molar-refractivity contribution is 7.87. The summed E-state index contributed by atoms with van der Waals surface area (Å²) < 4.78 is 32.2. The molecule has 0 spiro atoms. The van der Waals surface area contributed by atoms with Crippen LogP contribution in [0.25, 0.3) is 0 Å². The average Bonchev–Trinajstić information content (AvgIpc) is 3.60. The van der Waals surface area contributed by atoms with Gasteiger partial charge in [0.15, 0.2) is 17.4 Å². The van der Waals surface area contributed by atoms with Crippen LogP contribution in [0.4, 0.5) is 0 Å². The summed E-state index contributed by atoms with van der Waals surface area (Å²) in [7, 11) is -4.36. The molecule has 38 heavy (non-hydrogen) atoms. The summed E-state index contributed by atoms with van der Waals surface area (Å²) in [4.78, 5) is 31.2. The molecule has 1 aromatic heterocycles. The zero-order valence-corrected chi connectivity index (χ0v) is 21.1. The molecule has 1 amide bonds. The molecule has 0 saturated carbocycles. The Balaban J connectivity index is 1.75. The number of nitrogens with two attached hydrogens (primary N) is 2. The van der Waals surface area contributed by atoms with Gasteiger partial charge in [0.1, 0.15) is 12.1 Å². The Bertz CT molecular complexity index is 1350. The smallest absolute Gasteiger partial charge is 0.275 e. The third-order valence-corrected chi connectivity index (χ3v) is 6.82. The van der Waals surface area contributed by atoms with Crippen LogP contribution in [0.3, 0.4) is 0 Å². The number of carbonyl (C=O) groups excluding carboxylic acids is 2. The Morgan fingerprint density at radius 3 is 2.16 bits per heavy atom. The van der Waals surface area contributed by atoms with Crippen LogP contribution in [0.15, 0.2) is 71.3 Å². The number of Topliss-reactive ketones (excluding diaryl/α,β-unsaturated/α-hetero) is 1. The van der Waals surface area contributed by atoms with E-state index in [2.05, 4.69) is 20.3 Å². The molecule has 3 aromatic rings. The summed E-state index contributed by atoms with van der Waals surface area (Å²) in [6, 6.07) is 14.4. The van der Waals surface area contributed by atoms with Gasteiger partial charge in [-0.25, -0.2) is 10.1 Å². The van der Waals surface area contributed by atoms with E-state index in [-0.39, 0.29) is 11.7 Å². The number of nitrogens with one attached hydrogen (secondary N) is 4. The third kappa shape index (κ3) is 6.50. The van der Waals surface area contributed by atoms with Crippen LogP contribution in [0.1, 0.15) is 47.6 Å². The van der Waals surface area contributed by atoms with Gasteiger partial charge in [-0.1, -0.05) is 60.7 Å². The van der Waals surface area contributed by atoms with Crippen LogP contribution in [-0.2, 0) is 19.8 Å². The van der Waals surface area contributed by atoms with Crippen molar-refractivity contribution >= 4 is 27.7 Å². The maximum absolute atomic E-state index is 13.9. The first-order chi connectivity index (χ1) is 18.1. The van der Waals surface area contributed by atoms with Crippen LogP contribution in [0.5, 0.6) is 0 Å². The van der Waals surface area contributed by atoms with Crippen molar-refractivity contribution in [3.8, 4) is 0 Å². The van der Waals surface area contributed by atoms with Gasteiger partial charge in [0.2, 0.25) is 5.91 Å². The number of amidine groups is 1. The van der Waals surface area contributed by atoms with Gasteiger partial charge in [0, 0.05) is 5.92 Å². The second-order valence-corrected chi connectivity index (χ2v) is 10.2. The minimum absolute atomic E-state index is 0.0347. The Kier molecular flexibility index (Phi) is 8.32. The number of rotatable bonds is 11. The molecule has 1 fully saturated rings. The van der Waals surface area contributed by atoms with E-state index in [1.54, 1.807) is 60.7 Å². The SMILES string of the molecule is N=C(N)c1ncc(C(NC(=O)[C@H](NS(N)(=O)=O)C(c2ccccc2)c2ccccc2)C(=O)[C@@H]2CCCN2)o1. The topological polar surface area (TPSA) is 206 Å². The van der Waals surface area contributed by atoms with Gasteiger partial charge < -0.3 is 20.8 Å². The lowest BCUT2D eigenvalue weighted by Gasteiger charge is -2.29. The highest BCUT2D eigenvalue weighted by atomic mass is 32.2. The Labute approximate surface area is 219 Å². The molecule has 3 atom stereocenters. The number of carbonyl (C=O) groups is 2. The molecule has 12 nitrogen and oxygen atoms in total. The van der Waals surface area contributed by atoms with Crippen molar-refractivity contribution in [2.75, 3.05) is 6.54 Å². The maximum atomic E-state index is 13.9. The Morgan fingerprint density at radius 1 is 1.08 bits per heavy atom. The number of nitrogen functional groups attached to an aromatic ring is 1. The minimum Gasteiger partial charge on any atom is -0.436 e. The summed E-state index contributed by atoms with van der Waals surface area (Å²) in [5.74, 6) is -2.70. The molecule has 1 aliphatic rings. The largest absolute Gasteiger partial charge is 0.436 e. The molecule has 13 heteroatoms. The third-order valence-electron chi connectivity index (χ3n) is 6.24. The van der Waals surface area contributed by atoms with E-state index in [1.165, 1.54) is 6.20 Å². The quantitative estimate of drug-likeness (QED) is 0.148. The molecule has 8 N–H and O–H groups in total. The monoisotopic (exact) mass is 539 g/mol. The van der Waals surface area contributed by atoms with Crippen LogP contribution in [-0.4, -0.2) is 49.6 Å². The molecule has 200 valence electrons. The lowest BCUT2D eigenvalue weighted by molar-refractivity contribution is -0.130. The van der Waals surface area contributed by atoms with Crippen molar-refractivity contribution in [2.24, 2.45) is 10.9 Å². The van der Waals surface area contributed by atoms with E-state index in [0.717, 1.165) is 6.42 Å². The van der Waals surface area contributed by atoms with Gasteiger partial charge in [-0.2, -0.15) is 13.1 Å². The number of hydrogen-bond donors (Lipinski definition) is 6. The fraction of sp³-hybridized carbons (Fsp3) is 0.280. The summed E-state index contributed by atoms with van der Waals surface area (Å²) in [5, 5.41) is 18.6. The molecule has 2 aromatic carbocycles. The van der Waals surface area contributed by atoms with Crippen molar-refractivity contribution in [3.05, 3.63) is 89.6 Å². The summed E-state index contributed by atoms with van der Waals surface area (Å²) in [6.07, 6.45) is 2.53. The van der Waals surface area contributed by atoms with Gasteiger partial charge >= 0.3 is 0 Å². The van der Waals surface area contributed by atoms with Crippen LogP contribution in [0, 0.1) is 5.41 Å². The molecule has 1 unspecified atom stereocenters. The highest BCUT2D eigenvalue weighted by Crippen LogP contribution is 2.30. The second-order valence-electron chi connectivity index (χ2n) is 8.91. The number of hydrogen-bond acceptors (Lipinski definition) is 8. The summed E-state index contributed by atoms with van der Waals surface area (Å²) in [5.41, 5.74) is 6.76. The number of amides is 1. The fourth-order valence-corrected chi connectivity index (χ4v) is 5.13. The zero-order valence-electron chi connectivity index (χ0n) is 20.3. The average molecular weight is 540 g/mol. The lowest BCUT2D eigenvalue weighted by Crippen LogP contribution is -2.54. The molecular formula is C25H29N7O5S. The van der Waals surface area contributed by atoms with Crippen LogP contribution < -0.4 is 26.2 Å². The van der Waals surface area contributed by atoms with E-state index < -0.39 is 51.8 Å². The van der Waals surface area contributed by atoms with E-state index in [1.807, 2.05) is 0 Å². The van der Waals surface area contributed by atoms with Crippen LogP contribution >= 0.6 is 0 Å². The van der Waals surface area contributed by atoms with Crippen molar-refractivity contribution in [1.29, 1.82) is 5.41 Å². The van der Waals surface area contributed by atoms with Crippen molar-refractivity contribution < 1.29 is 22.4 Å². The van der Waals surface area contributed by atoms with E-state index in [4.69, 9.17) is 20.7 Å². The summed E-state index contributed by atoms with van der Waals surface area (Å²) in [6.45, 7) is 0.631. The molecule has 0 radical (unpaired) electrons. The lowest BCUT2D eigenvalue weighted by atomic mass is 9.84. The zero-order chi connectivity index (χ0) is 27.3. The van der Waals surface area contributed by atoms with Crippen LogP contribution in [0.2, 0.25) is 0 Å². The normalized spacial score (nSPS) is 17.2. The Morgan fingerprint density at radius 2 is 1.68 bits per heavy atom. The molecule has 0 aliphatic carbocycles. The Hall–Kier alpha value is -3.91. The second kappa shape index (κ2) is 11.6. The number of oxazole rings is 1. The highest BCUT2D eigenvalue weighted by Gasteiger charge is 2.39. The molecule has 4 rings (SSSR count). The van der Waals surface area contributed by atoms with E-state index >= 15 is 0 Å². The fourth-order valence-electron chi connectivity index (χ4n) is 4.54. The predicted octanol–water partition coefficient (Wildman–Crippen LogP) is 0.431. The number of nitrogens with zero attached hydrogens (tertiary/aromatic N) is 1. The molecule has 1 aliphatic heterocycles. The van der Waals surface area contributed by atoms with E-state index in [0.29, 0.717) is 24.1 Å². The first-order valence-electron chi connectivity index (χ1n) is 11.9. The van der Waals surface area contributed by atoms with Gasteiger partial charge in [0.05, 0.1) is 12.2 Å². The minimum atomic E-state index is -4.36. The van der Waals surface area contributed by atoms with Gasteiger partial charge in [-0.15, -0.1) is 0 Å². The first kappa shape index (κ1) is 27.1. The molecule has 0 bridgehead atoms. The summed E-state index contributed by atoms with van der Waals surface area (Å²) >= 11 is 0. The maximum Gasteiger partial charge on any atom is 0.275 e. The van der Waals surface area contributed by atoms with Crippen molar-refractivity contribution in [2.45, 2.75) is 36.9 Å². The van der Waals surface area contributed by atoms with Gasteiger partial charge in [-0.05, 0) is 30.5 Å². The number of ketones is 1. The molecule has 1 saturated heterocycles. The van der Waals surface area contributed by atoms with Crippen molar-refractivity contribution in [1.82, 2.24) is 20.3 Å². The van der Waals surface area contributed by atoms with E-state index in [9.17, 15) is 18.0 Å². The van der Waals surface area contributed by atoms with Crippen molar-refractivity contribution in [3.63, 3.8) is 0 Å². The van der Waals surface area contributed by atoms with Gasteiger partial charge in [0.25, 0.3) is 16.1 Å². The predicted molar refractivity (Wildman–Crippen MR) is 139 cm³/mol. The standard InChI is InChI=1S/C25H29N7O5S/c26-23(27)25-30-14-18(37-25)20(22(33)17-12-7-13-29-17)31-24(34)21(32-38(28,35)36)19(15-8-3-1-4-9-15)16-10-5-2-6-11-16/h1-6,8-11,14,17,19-21,29,32H,7,12-13H2,(H3,26,27)(H,31,34)(H2,28,35,36)/t17-,20?,21+/m0/s1. The first-order valence-corrected chi connectivity index (χ1v) is 13.5. The number of benzene rings is 2. The molecular weight excluding hydrogens is 510 g/mol. The van der Waals surface area contributed by atoms with Gasteiger partial charge in [-0.3, -0.25) is 15.0 Å². The number of aromatic nitrogens is 1.